The van der Waals surface area contributed by atoms with Crippen LogP contribution in [-0.2, 0) is 10.4 Å². The van der Waals surface area contributed by atoms with Gasteiger partial charge in [0.2, 0.25) is 6.79 Å². The van der Waals surface area contributed by atoms with Gasteiger partial charge in [-0.2, -0.15) is 0 Å². The third kappa shape index (κ3) is 2.96. The van der Waals surface area contributed by atoms with E-state index in [1.165, 1.54) is 12.1 Å². The van der Waals surface area contributed by atoms with Crippen LogP contribution in [0.5, 0.6) is 17.2 Å². The van der Waals surface area contributed by atoms with Gasteiger partial charge in [-0.25, -0.2) is 0 Å². The number of ether oxygens (including phenoxy) is 2. The fraction of sp³-hybridized carbons (Fsp3) is 0.179. The van der Waals surface area contributed by atoms with Crippen molar-refractivity contribution < 1.29 is 24.5 Å². The number of fused-ring (bicyclic) bond motifs is 2. The molecule has 0 spiro atoms. The molecule has 0 radical (unpaired) electrons. The molecule has 1 saturated heterocycles. The Morgan fingerprint density at radius 3 is 2.21 bits per heavy atom. The summed E-state index contributed by atoms with van der Waals surface area (Å²) in [5.74, 6) is 0.0674. The molecule has 2 N–H and O–H groups in total. The SMILES string of the molecule is O=C1N(C(c2ccccc2)c2ccccc2)C2CC=CC=C2C1(O)c1cc2c(cc1O)OCO2. The van der Waals surface area contributed by atoms with E-state index in [2.05, 4.69) is 0 Å². The number of aromatic hydroxyl groups is 1. The number of phenols is 1. The minimum Gasteiger partial charge on any atom is -0.507 e. The second-order valence-electron chi connectivity index (χ2n) is 8.67. The topological polar surface area (TPSA) is 79.2 Å². The number of likely N-dealkylation sites (tertiary alicyclic amines) is 1. The highest BCUT2D eigenvalue weighted by atomic mass is 16.7. The van der Waals surface area contributed by atoms with Crippen molar-refractivity contribution in [1.29, 1.82) is 0 Å². The van der Waals surface area contributed by atoms with Gasteiger partial charge in [0.1, 0.15) is 5.75 Å². The number of carbonyl (C=O) groups excluding carboxylic acids is 1. The molecule has 6 nitrogen and oxygen atoms in total. The number of phenolic OH excluding ortho intramolecular Hbond substituents is 1. The third-order valence-electron chi connectivity index (χ3n) is 6.82. The summed E-state index contributed by atoms with van der Waals surface area (Å²) in [5.41, 5.74) is 0.467. The Hall–Kier alpha value is -4.03. The highest BCUT2D eigenvalue weighted by molar-refractivity contribution is 5.96. The average Bonchev–Trinajstić information content (AvgIpc) is 3.42. The first-order valence-electron chi connectivity index (χ1n) is 11.2. The van der Waals surface area contributed by atoms with Crippen molar-refractivity contribution in [1.82, 2.24) is 4.90 Å². The molecule has 34 heavy (non-hydrogen) atoms. The van der Waals surface area contributed by atoms with Gasteiger partial charge >= 0.3 is 0 Å². The predicted octanol–water partition coefficient (Wildman–Crippen LogP) is 4.20. The van der Waals surface area contributed by atoms with Gasteiger partial charge in [0.25, 0.3) is 5.91 Å². The zero-order valence-corrected chi connectivity index (χ0v) is 18.3. The molecule has 3 aromatic rings. The van der Waals surface area contributed by atoms with Crippen LogP contribution in [0.3, 0.4) is 0 Å². The van der Waals surface area contributed by atoms with Gasteiger partial charge in [0.15, 0.2) is 17.1 Å². The molecular formula is C28H23NO5. The van der Waals surface area contributed by atoms with Gasteiger partial charge in [0.05, 0.1) is 12.1 Å². The van der Waals surface area contributed by atoms with E-state index in [-0.39, 0.29) is 24.1 Å². The lowest BCUT2D eigenvalue weighted by Gasteiger charge is -2.34. The summed E-state index contributed by atoms with van der Waals surface area (Å²) < 4.78 is 10.8. The van der Waals surface area contributed by atoms with Crippen molar-refractivity contribution in [3.63, 3.8) is 0 Å². The van der Waals surface area contributed by atoms with Crippen LogP contribution in [0.1, 0.15) is 29.2 Å². The van der Waals surface area contributed by atoms with E-state index >= 15 is 0 Å². The molecule has 3 aliphatic rings. The number of carbonyl (C=O) groups is 1. The third-order valence-corrected chi connectivity index (χ3v) is 6.82. The van der Waals surface area contributed by atoms with Crippen LogP contribution >= 0.6 is 0 Å². The molecule has 0 saturated carbocycles. The van der Waals surface area contributed by atoms with Crippen molar-refractivity contribution in [3.8, 4) is 17.2 Å². The molecular weight excluding hydrogens is 430 g/mol. The van der Waals surface area contributed by atoms with Crippen molar-refractivity contribution in [2.24, 2.45) is 0 Å². The first kappa shape index (κ1) is 20.6. The summed E-state index contributed by atoms with van der Waals surface area (Å²) in [6.45, 7) is 0.0227. The number of hydrogen-bond donors (Lipinski definition) is 2. The molecule has 6 heteroatoms. The first-order chi connectivity index (χ1) is 16.6. The minimum atomic E-state index is -2.04. The van der Waals surface area contributed by atoms with E-state index in [0.29, 0.717) is 23.5 Å². The fourth-order valence-electron chi connectivity index (χ4n) is 5.27. The zero-order chi connectivity index (χ0) is 23.3. The maximum Gasteiger partial charge on any atom is 0.265 e. The summed E-state index contributed by atoms with van der Waals surface area (Å²) in [6.07, 6.45) is 6.18. The van der Waals surface area contributed by atoms with E-state index in [0.717, 1.165) is 11.1 Å². The van der Waals surface area contributed by atoms with Crippen LogP contribution in [0.25, 0.3) is 0 Å². The van der Waals surface area contributed by atoms with E-state index in [9.17, 15) is 15.0 Å². The predicted molar refractivity (Wildman–Crippen MR) is 125 cm³/mol. The van der Waals surface area contributed by atoms with Crippen LogP contribution in [0.2, 0.25) is 0 Å². The Kier molecular flexibility index (Phi) is 4.71. The Labute approximate surface area is 197 Å². The average molecular weight is 453 g/mol. The number of aliphatic hydroxyl groups is 1. The summed E-state index contributed by atoms with van der Waals surface area (Å²) in [4.78, 5) is 16.0. The molecule has 0 bridgehead atoms. The standard InChI is InChI=1S/C28H23NO5/c30-23-16-25-24(33-17-34-25)15-21(23)28(32)20-13-7-8-14-22(20)29(27(28)31)26(18-9-3-1-4-10-18)19-11-5-2-6-12-19/h1-13,15-16,22,26,30,32H,14,17H2. The zero-order valence-electron chi connectivity index (χ0n) is 18.3. The van der Waals surface area contributed by atoms with Crippen LogP contribution in [0, 0.1) is 0 Å². The van der Waals surface area contributed by atoms with Gasteiger partial charge in [-0.05, 0) is 29.2 Å². The number of amides is 1. The van der Waals surface area contributed by atoms with Gasteiger partial charge in [-0.1, -0.05) is 78.9 Å². The number of nitrogens with zero attached hydrogens (tertiary/aromatic N) is 1. The van der Waals surface area contributed by atoms with Crippen LogP contribution in [0.15, 0.2) is 96.6 Å². The lowest BCUT2D eigenvalue weighted by Crippen LogP contribution is -2.41. The molecule has 1 amide bonds. The summed E-state index contributed by atoms with van der Waals surface area (Å²) in [6, 6.07) is 21.7. The largest absolute Gasteiger partial charge is 0.507 e. The summed E-state index contributed by atoms with van der Waals surface area (Å²) in [7, 11) is 0. The van der Waals surface area contributed by atoms with E-state index in [4.69, 9.17) is 9.47 Å². The quantitative estimate of drug-likeness (QED) is 0.619. The minimum absolute atomic E-state index is 0.0227. The van der Waals surface area contributed by atoms with Gasteiger partial charge in [-0.3, -0.25) is 4.79 Å². The molecule has 2 aliphatic heterocycles. The van der Waals surface area contributed by atoms with E-state index in [1.807, 2.05) is 72.8 Å². The Bertz CT molecular complexity index is 1280. The molecule has 0 aromatic heterocycles. The van der Waals surface area contributed by atoms with Crippen molar-refractivity contribution in [2.75, 3.05) is 6.79 Å². The smallest absolute Gasteiger partial charge is 0.265 e. The first-order valence-corrected chi connectivity index (χ1v) is 11.2. The lowest BCUT2D eigenvalue weighted by molar-refractivity contribution is -0.144. The number of rotatable bonds is 4. The molecule has 2 atom stereocenters. The van der Waals surface area contributed by atoms with Crippen molar-refractivity contribution >= 4 is 5.91 Å². The highest BCUT2D eigenvalue weighted by Crippen LogP contribution is 2.52. The number of benzene rings is 3. The number of allylic oxidation sites excluding steroid dienone is 2. The van der Waals surface area contributed by atoms with E-state index in [1.54, 1.807) is 11.0 Å². The molecule has 3 aromatic carbocycles. The van der Waals surface area contributed by atoms with Crippen molar-refractivity contribution in [2.45, 2.75) is 24.1 Å². The molecule has 2 heterocycles. The van der Waals surface area contributed by atoms with Gasteiger partial charge < -0.3 is 24.6 Å². The van der Waals surface area contributed by atoms with Crippen LogP contribution < -0.4 is 9.47 Å². The van der Waals surface area contributed by atoms with Gasteiger partial charge in [0, 0.05) is 11.6 Å². The molecule has 6 rings (SSSR count). The molecule has 2 unspecified atom stereocenters. The maximum atomic E-state index is 14.3. The molecule has 170 valence electrons. The number of hydrogen-bond acceptors (Lipinski definition) is 5. The van der Waals surface area contributed by atoms with Crippen molar-refractivity contribution in [3.05, 3.63) is 113 Å². The van der Waals surface area contributed by atoms with Gasteiger partial charge in [-0.15, -0.1) is 0 Å². The highest BCUT2D eigenvalue weighted by Gasteiger charge is 2.59. The Balaban J connectivity index is 1.54. The lowest BCUT2D eigenvalue weighted by atomic mass is 9.82. The second-order valence-corrected chi connectivity index (χ2v) is 8.67. The molecule has 1 fully saturated rings. The van der Waals surface area contributed by atoms with E-state index < -0.39 is 17.6 Å². The Morgan fingerprint density at radius 2 is 1.56 bits per heavy atom. The second kappa shape index (κ2) is 7.78. The maximum absolute atomic E-state index is 14.3. The monoisotopic (exact) mass is 453 g/mol. The summed E-state index contributed by atoms with van der Waals surface area (Å²) in [5, 5.41) is 23.0. The Morgan fingerprint density at radius 1 is 0.941 bits per heavy atom. The van der Waals surface area contributed by atoms with Crippen LogP contribution in [0.4, 0.5) is 0 Å². The summed E-state index contributed by atoms with van der Waals surface area (Å²) >= 11 is 0. The molecule has 1 aliphatic carbocycles. The normalized spacial score (nSPS) is 22.8. The van der Waals surface area contributed by atoms with Crippen LogP contribution in [-0.4, -0.2) is 33.9 Å². The fourth-order valence-corrected chi connectivity index (χ4v) is 5.27.